The van der Waals surface area contributed by atoms with Crippen molar-refractivity contribution in [2.45, 2.75) is 58.6 Å². The second-order valence-electron chi connectivity index (χ2n) is 5.26. The molecule has 17 heavy (non-hydrogen) atoms. The van der Waals surface area contributed by atoms with Crippen molar-refractivity contribution in [3.05, 3.63) is 0 Å². The Balaban J connectivity index is 4.22. The molecular formula is C12H24N2O2S. The Hall–Kier alpha value is -0.600. The van der Waals surface area contributed by atoms with Gasteiger partial charge in [-0.15, -0.1) is 0 Å². The standard InChI is InChI=1S/C12H24N2O2S/c1-5-6-7-8-12(3,4)10-14-17(15,16)11(2)9-13/h11,14H,5-8,10H2,1-4H3. The fourth-order valence-electron chi connectivity index (χ4n) is 1.43. The lowest BCUT2D eigenvalue weighted by molar-refractivity contribution is 0.320. The minimum atomic E-state index is -3.49. The first-order chi connectivity index (χ1) is 7.75. The molecule has 0 radical (unpaired) electrons. The first-order valence-corrected chi connectivity index (χ1v) is 7.68. The molecule has 0 aromatic rings. The van der Waals surface area contributed by atoms with Gasteiger partial charge in [0.2, 0.25) is 10.0 Å². The molecule has 0 spiro atoms. The number of nitriles is 1. The largest absolute Gasteiger partial charge is 0.227 e. The summed E-state index contributed by atoms with van der Waals surface area (Å²) in [5.74, 6) is 0. The van der Waals surface area contributed by atoms with E-state index in [9.17, 15) is 8.42 Å². The van der Waals surface area contributed by atoms with Gasteiger partial charge in [0, 0.05) is 6.54 Å². The van der Waals surface area contributed by atoms with E-state index < -0.39 is 15.3 Å². The lowest BCUT2D eigenvalue weighted by Crippen LogP contribution is -2.38. The van der Waals surface area contributed by atoms with Gasteiger partial charge in [0.25, 0.3) is 0 Å². The summed E-state index contributed by atoms with van der Waals surface area (Å²) in [6.07, 6.45) is 4.43. The highest BCUT2D eigenvalue weighted by Crippen LogP contribution is 2.23. The van der Waals surface area contributed by atoms with Gasteiger partial charge in [-0.2, -0.15) is 5.26 Å². The third-order valence-electron chi connectivity index (χ3n) is 2.86. The maximum Gasteiger partial charge on any atom is 0.227 e. The highest BCUT2D eigenvalue weighted by atomic mass is 32.2. The Kier molecular flexibility index (Phi) is 6.73. The van der Waals surface area contributed by atoms with Gasteiger partial charge in [-0.3, -0.25) is 0 Å². The number of unbranched alkanes of at least 4 members (excludes halogenated alkanes) is 2. The molecule has 0 aliphatic heterocycles. The van der Waals surface area contributed by atoms with Crippen LogP contribution in [0.5, 0.6) is 0 Å². The number of nitrogens with zero attached hydrogens (tertiary/aromatic N) is 1. The molecule has 0 aliphatic carbocycles. The predicted octanol–water partition coefficient (Wildman–Crippen LogP) is 2.42. The van der Waals surface area contributed by atoms with Crippen molar-refractivity contribution < 1.29 is 8.42 Å². The molecule has 100 valence electrons. The lowest BCUT2D eigenvalue weighted by atomic mass is 9.87. The third kappa shape index (κ3) is 6.64. The number of hydrogen-bond donors (Lipinski definition) is 1. The van der Waals surface area contributed by atoms with Gasteiger partial charge in [0.1, 0.15) is 0 Å². The van der Waals surface area contributed by atoms with E-state index in [4.69, 9.17) is 5.26 Å². The Labute approximate surface area is 105 Å². The van der Waals surface area contributed by atoms with Crippen LogP contribution in [0.4, 0.5) is 0 Å². The van der Waals surface area contributed by atoms with E-state index in [0.717, 1.165) is 19.3 Å². The molecule has 0 heterocycles. The summed E-state index contributed by atoms with van der Waals surface area (Å²) >= 11 is 0. The van der Waals surface area contributed by atoms with Crippen molar-refractivity contribution in [1.29, 1.82) is 5.26 Å². The number of hydrogen-bond acceptors (Lipinski definition) is 3. The third-order valence-corrected chi connectivity index (χ3v) is 4.44. The zero-order valence-electron chi connectivity index (χ0n) is 11.3. The molecule has 0 amide bonds. The van der Waals surface area contributed by atoms with E-state index in [-0.39, 0.29) is 5.41 Å². The number of rotatable bonds is 8. The average molecular weight is 260 g/mol. The fourth-order valence-corrected chi connectivity index (χ4v) is 2.41. The summed E-state index contributed by atoms with van der Waals surface area (Å²) in [6.45, 7) is 8.02. The topological polar surface area (TPSA) is 70.0 Å². The molecule has 1 N–H and O–H groups in total. The molecule has 0 saturated heterocycles. The second-order valence-corrected chi connectivity index (χ2v) is 7.34. The fraction of sp³-hybridized carbons (Fsp3) is 0.917. The van der Waals surface area contributed by atoms with Crippen LogP contribution in [0.15, 0.2) is 0 Å². The molecule has 1 unspecified atom stereocenters. The molecule has 1 atom stereocenters. The summed E-state index contributed by atoms with van der Waals surface area (Å²) in [5, 5.41) is 7.61. The first-order valence-electron chi connectivity index (χ1n) is 6.13. The molecule has 0 saturated carbocycles. The van der Waals surface area contributed by atoms with E-state index >= 15 is 0 Å². The first kappa shape index (κ1) is 16.4. The molecule has 0 aliphatic rings. The van der Waals surface area contributed by atoms with Crippen LogP contribution in [0.2, 0.25) is 0 Å². The number of nitrogens with one attached hydrogen (secondary N) is 1. The summed E-state index contributed by atoms with van der Waals surface area (Å²) in [4.78, 5) is 0. The Bertz CT molecular complexity index is 355. The number of sulfonamides is 1. The van der Waals surface area contributed by atoms with E-state index in [1.165, 1.54) is 13.3 Å². The molecular weight excluding hydrogens is 236 g/mol. The molecule has 0 bridgehead atoms. The molecule has 5 heteroatoms. The van der Waals surface area contributed by atoms with Crippen molar-refractivity contribution in [3.8, 4) is 6.07 Å². The molecule has 4 nitrogen and oxygen atoms in total. The van der Waals surface area contributed by atoms with Crippen molar-refractivity contribution in [2.75, 3.05) is 6.54 Å². The van der Waals surface area contributed by atoms with Crippen molar-refractivity contribution in [3.63, 3.8) is 0 Å². The van der Waals surface area contributed by atoms with Crippen LogP contribution in [0, 0.1) is 16.7 Å². The lowest BCUT2D eigenvalue weighted by Gasteiger charge is -2.25. The normalized spacial score (nSPS) is 14.3. The van der Waals surface area contributed by atoms with Gasteiger partial charge in [0.05, 0.1) is 6.07 Å². The molecule has 0 aromatic carbocycles. The van der Waals surface area contributed by atoms with Gasteiger partial charge in [0.15, 0.2) is 5.25 Å². The van der Waals surface area contributed by atoms with Crippen molar-refractivity contribution in [1.82, 2.24) is 4.72 Å². The highest BCUT2D eigenvalue weighted by molar-refractivity contribution is 7.90. The van der Waals surface area contributed by atoms with Gasteiger partial charge < -0.3 is 0 Å². The monoisotopic (exact) mass is 260 g/mol. The summed E-state index contributed by atoms with van der Waals surface area (Å²) in [7, 11) is -3.49. The highest BCUT2D eigenvalue weighted by Gasteiger charge is 2.24. The predicted molar refractivity (Wildman–Crippen MR) is 69.9 cm³/mol. The Morgan fingerprint density at radius 3 is 2.41 bits per heavy atom. The Morgan fingerprint density at radius 1 is 1.35 bits per heavy atom. The van der Waals surface area contributed by atoms with Gasteiger partial charge >= 0.3 is 0 Å². The van der Waals surface area contributed by atoms with Crippen molar-refractivity contribution in [2.24, 2.45) is 5.41 Å². The second kappa shape index (κ2) is 6.97. The summed E-state index contributed by atoms with van der Waals surface area (Å²) in [6, 6.07) is 1.74. The van der Waals surface area contributed by atoms with Crippen LogP contribution in [0.25, 0.3) is 0 Å². The smallest absolute Gasteiger partial charge is 0.214 e. The molecule has 0 fully saturated rings. The van der Waals surface area contributed by atoms with E-state index in [1.807, 2.05) is 13.8 Å². The van der Waals surface area contributed by atoms with Crippen LogP contribution in [-0.2, 0) is 10.0 Å². The van der Waals surface area contributed by atoms with Crippen molar-refractivity contribution >= 4 is 10.0 Å². The Morgan fingerprint density at radius 2 is 1.94 bits per heavy atom. The van der Waals surface area contributed by atoms with Gasteiger partial charge in [-0.1, -0.05) is 40.0 Å². The average Bonchev–Trinajstić information content (AvgIpc) is 2.26. The maximum atomic E-state index is 11.6. The molecule has 0 rings (SSSR count). The quantitative estimate of drug-likeness (QED) is 0.681. The van der Waals surface area contributed by atoms with Gasteiger partial charge in [-0.25, -0.2) is 13.1 Å². The summed E-state index contributed by atoms with van der Waals surface area (Å²) in [5.41, 5.74) is -0.0581. The minimum Gasteiger partial charge on any atom is -0.214 e. The van der Waals surface area contributed by atoms with E-state index in [0.29, 0.717) is 6.54 Å². The van der Waals surface area contributed by atoms with Crippen LogP contribution >= 0.6 is 0 Å². The van der Waals surface area contributed by atoms with E-state index in [2.05, 4.69) is 11.6 Å². The molecule has 0 aromatic heterocycles. The minimum absolute atomic E-state index is 0.0581. The van der Waals surface area contributed by atoms with Crippen LogP contribution < -0.4 is 4.72 Å². The van der Waals surface area contributed by atoms with Gasteiger partial charge in [-0.05, 0) is 18.8 Å². The van der Waals surface area contributed by atoms with Crippen LogP contribution in [0.3, 0.4) is 0 Å². The summed E-state index contributed by atoms with van der Waals surface area (Å²) < 4.78 is 25.7. The SMILES string of the molecule is CCCCCC(C)(C)CNS(=O)(=O)C(C)C#N. The zero-order chi connectivity index (χ0) is 13.5. The zero-order valence-corrected chi connectivity index (χ0v) is 12.1. The van der Waals surface area contributed by atoms with Crippen LogP contribution in [-0.4, -0.2) is 20.2 Å². The maximum absolute atomic E-state index is 11.6. The van der Waals surface area contributed by atoms with Crippen LogP contribution in [0.1, 0.15) is 53.4 Å². The van der Waals surface area contributed by atoms with E-state index in [1.54, 1.807) is 6.07 Å².